The van der Waals surface area contributed by atoms with Gasteiger partial charge in [-0.15, -0.1) is 0 Å². The molecule has 0 heterocycles. The summed E-state index contributed by atoms with van der Waals surface area (Å²) in [6.07, 6.45) is 4.16. The van der Waals surface area contributed by atoms with E-state index in [0.717, 1.165) is 41.3 Å². The lowest BCUT2D eigenvalue weighted by atomic mass is 10.0. The van der Waals surface area contributed by atoms with Gasteiger partial charge in [-0.3, -0.25) is 9.59 Å². The predicted octanol–water partition coefficient (Wildman–Crippen LogP) is 6.48. The maximum Gasteiger partial charge on any atom is 0.243 e. The third-order valence-corrected chi connectivity index (χ3v) is 7.45. The Morgan fingerprint density at radius 1 is 1.00 bits per heavy atom. The molecule has 36 heavy (non-hydrogen) atoms. The number of nitrogens with zero attached hydrogens (tertiary/aromatic N) is 1. The van der Waals surface area contributed by atoms with Crippen LogP contribution in [0.1, 0.15) is 42.4 Å². The third kappa shape index (κ3) is 6.95. The van der Waals surface area contributed by atoms with E-state index in [9.17, 15) is 14.0 Å². The second kappa shape index (κ2) is 12.5. The Labute approximate surface area is 225 Å². The minimum Gasteiger partial charge on any atom is -0.352 e. The lowest BCUT2D eigenvalue weighted by molar-refractivity contribution is -0.141. The van der Waals surface area contributed by atoms with Gasteiger partial charge in [0.1, 0.15) is 11.9 Å². The maximum absolute atomic E-state index is 14.6. The second-order valence-corrected chi connectivity index (χ2v) is 10.5. The van der Waals surface area contributed by atoms with E-state index in [1.54, 1.807) is 11.0 Å². The number of carbonyl (C=O) groups is 2. The van der Waals surface area contributed by atoms with E-state index in [1.807, 2.05) is 54.6 Å². The molecule has 1 atom stereocenters. The monoisotopic (exact) mass is 570 g/mol. The van der Waals surface area contributed by atoms with Crippen LogP contribution >= 0.6 is 27.5 Å². The van der Waals surface area contributed by atoms with Crippen LogP contribution in [-0.4, -0.2) is 28.8 Å². The summed E-state index contributed by atoms with van der Waals surface area (Å²) in [6.45, 7) is 0.208. The molecule has 7 heteroatoms. The number of carbonyl (C=O) groups excluding carboxylic acids is 2. The van der Waals surface area contributed by atoms with Crippen LogP contribution in [0, 0.1) is 5.82 Å². The molecule has 4 nitrogen and oxygen atoms in total. The topological polar surface area (TPSA) is 49.4 Å². The van der Waals surface area contributed by atoms with Gasteiger partial charge in [-0.05, 0) is 48.2 Å². The zero-order valence-electron chi connectivity index (χ0n) is 19.9. The Kier molecular flexibility index (Phi) is 9.16. The average Bonchev–Trinajstić information content (AvgIpc) is 3.37. The van der Waals surface area contributed by atoms with Crippen LogP contribution in [0.25, 0.3) is 0 Å². The SMILES string of the molecule is O=C(NC1CCCC1)[C@@H](Cc1ccccc1)N(Cc1cccc(Br)c1)C(=O)Cc1c(F)cccc1Cl. The van der Waals surface area contributed by atoms with Gasteiger partial charge in [-0.25, -0.2) is 4.39 Å². The molecule has 1 aliphatic rings. The maximum atomic E-state index is 14.6. The van der Waals surface area contributed by atoms with Crippen molar-refractivity contribution in [1.82, 2.24) is 10.2 Å². The summed E-state index contributed by atoms with van der Waals surface area (Å²) in [4.78, 5) is 29.0. The van der Waals surface area contributed by atoms with Gasteiger partial charge in [0.15, 0.2) is 0 Å². The molecular weight excluding hydrogens is 543 g/mol. The first-order chi connectivity index (χ1) is 17.4. The fraction of sp³-hybridized carbons (Fsp3) is 0.310. The highest BCUT2D eigenvalue weighted by Crippen LogP contribution is 2.24. The van der Waals surface area contributed by atoms with Crippen LogP contribution in [0.5, 0.6) is 0 Å². The van der Waals surface area contributed by atoms with Crippen LogP contribution in [-0.2, 0) is 29.0 Å². The quantitative estimate of drug-likeness (QED) is 0.319. The minimum atomic E-state index is -0.759. The van der Waals surface area contributed by atoms with E-state index in [-0.39, 0.29) is 41.4 Å². The predicted molar refractivity (Wildman–Crippen MR) is 144 cm³/mol. The lowest BCUT2D eigenvalue weighted by Crippen LogP contribution is -2.52. The molecule has 0 radical (unpaired) electrons. The van der Waals surface area contributed by atoms with Gasteiger partial charge in [-0.1, -0.05) is 88.9 Å². The number of halogens is 3. The largest absolute Gasteiger partial charge is 0.352 e. The van der Waals surface area contributed by atoms with Crippen LogP contribution in [0.4, 0.5) is 4.39 Å². The average molecular weight is 572 g/mol. The van der Waals surface area contributed by atoms with Gasteiger partial charge in [0.05, 0.1) is 6.42 Å². The zero-order valence-corrected chi connectivity index (χ0v) is 22.3. The highest BCUT2D eigenvalue weighted by molar-refractivity contribution is 9.10. The Bertz CT molecular complexity index is 1180. The van der Waals surface area contributed by atoms with Crippen molar-refractivity contribution >= 4 is 39.3 Å². The Morgan fingerprint density at radius 3 is 2.39 bits per heavy atom. The van der Waals surface area contributed by atoms with E-state index < -0.39 is 11.9 Å². The molecule has 0 aromatic heterocycles. The van der Waals surface area contributed by atoms with Crippen LogP contribution in [0.2, 0.25) is 5.02 Å². The molecule has 0 aliphatic heterocycles. The molecule has 1 aliphatic carbocycles. The summed E-state index contributed by atoms with van der Waals surface area (Å²) in [6, 6.07) is 21.0. The number of nitrogens with one attached hydrogen (secondary N) is 1. The van der Waals surface area contributed by atoms with Crippen molar-refractivity contribution in [1.29, 1.82) is 0 Å². The van der Waals surface area contributed by atoms with Gasteiger partial charge >= 0.3 is 0 Å². The molecule has 1 fully saturated rings. The smallest absolute Gasteiger partial charge is 0.243 e. The summed E-state index contributed by atoms with van der Waals surface area (Å²) in [5.74, 6) is -1.08. The molecule has 0 bridgehead atoms. The molecule has 188 valence electrons. The second-order valence-electron chi connectivity index (χ2n) is 9.22. The fourth-order valence-electron chi connectivity index (χ4n) is 4.71. The molecule has 1 N–H and O–H groups in total. The number of benzene rings is 3. The van der Waals surface area contributed by atoms with Crippen molar-refractivity contribution in [2.24, 2.45) is 0 Å². The molecular formula is C29H29BrClFN2O2. The van der Waals surface area contributed by atoms with Crippen molar-refractivity contribution in [3.8, 4) is 0 Å². The van der Waals surface area contributed by atoms with Crippen molar-refractivity contribution in [2.75, 3.05) is 0 Å². The molecule has 0 saturated heterocycles. The van der Waals surface area contributed by atoms with Gasteiger partial charge < -0.3 is 10.2 Å². The highest BCUT2D eigenvalue weighted by Gasteiger charge is 2.32. The first-order valence-electron chi connectivity index (χ1n) is 12.2. The van der Waals surface area contributed by atoms with Crippen LogP contribution in [0.3, 0.4) is 0 Å². The fourth-order valence-corrected chi connectivity index (χ4v) is 5.38. The number of rotatable bonds is 9. The summed E-state index contributed by atoms with van der Waals surface area (Å²) in [5, 5.41) is 3.37. The van der Waals surface area contributed by atoms with E-state index in [4.69, 9.17) is 11.6 Å². The summed E-state index contributed by atoms with van der Waals surface area (Å²) in [7, 11) is 0. The minimum absolute atomic E-state index is 0.111. The number of hydrogen-bond donors (Lipinski definition) is 1. The van der Waals surface area contributed by atoms with Gasteiger partial charge in [-0.2, -0.15) is 0 Å². The molecule has 2 amide bonds. The van der Waals surface area contributed by atoms with E-state index in [0.29, 0.717) is 6.42 Å². The molecule has 1 saturated carbocycles. The first kappa shape index (κ1) is 26.4. The summed E-state index contributed by atoms with van der Waals surface area (Å²) < 4.78 is 15.5. The summed E-state index contributed by atoms with van der Waals surface area (Å²) in [5.41, 5.74) is 1.95. The Morgan fingerprint density at radius 2 is 1.69 bits per heavy atom. The zero-order chi connectivity index (χ0) is 25.5. The summed E-state index contributed by atoms with van der Waals surface area (Å²) >= 11 is 9.74. The van der Waals surface area contributed by atoms with E-state index >= 15 is 0 Å². The first-order valence-corrected chi connectivity index (χ1v) is 13.4. The van der Waals surface area contributed by atoms with Crippen LogP contribution < -0.4 is 5.32 Å². The number of hydrogen-bond acceptors (Lipinski definition) is 2. The van der Waals surface area contributed by atoms with Gasteiger partial charge in [0.25, 0.3) is 0 Å². The molecule has 0 spiro atoms. The van der Waals surface area contributed by atoms with E-state index in [2.05, 4.69) is 21.2 Å². The molecule has 3 aromatic rings. The van der Waals surface area contributed by atoms with E-state index in [1.165, 1.54) is 12.1 Å². The Hall–Kier alpha value is -2.70. The van der Waals surface area contributed by atoms with Crippen molar-refractivity contribution in [3.05, 3.63) is 105 Å². The van der Waals surface area contributed by atoms with Crippen molar-refractivity contribution in [2.45, 2.75) is 57.2 Å². The van der Waals surface area contributed by atoms with Crippen LogP contribution in [0.15, 0.2) is 77.3 Å². The number of amides is 2. The van der Waals surface area contributed by atoms with Crippen molar-refractivity contribution < 1.29 is 14.0 Å². The highest BCUT2D eigenvalue weighted by atomic mass is 79.9. The third-order valence-electron chi connectivity index (χ3n) is 6.60. The molecule has 4 rings (SSSR count). The molecule has 3 aromatic carbocycles. The van der Waals surface area contributed by atoms with Gasteiger partial charge in [0, 0.05) is 34.1 Å². The van der Waals surface area contributed by atoms with Gasteiger partial charge in [0.2, 0.25) is 11.8 Å². The Balaban J connectivity index is 1.69. The standard InChI is InChI=1S/C29H29BrClFN2O2/c30-22-11-6-10-21(16-22)19-34(28(35)18-24-25(31)14-7-15-26(24)32)27(17-20-8-2-1-3-9-20)29(36)33-23-12-4-5-13-23/h1-3,6-11,14-16,23,27H,4-5,12-13,17-19H2,(H,33,36)/t27-/m1/s1. The normalized spacial score (nSPS) is 14.4. The lowest BCUT2D eigenvalue weighted by Gasteiger charge is -2.32. The van der Waals surface area contributed by atoms with Crippen molar-refractivity contribution in [3.63, 3.8) is 0 Å². The molecule has 0 unspecified atom stereocenters.